The van der Waals surface area contributed by atoms with Gasteiger partial charge in [0, 0.05) is 11.9 Å². The molecule has 0 bridgehead atoms. The van der Waals surface area contributed by atoms with Crippen LogP contribution in [0.4, 0.5) is 26.3 Å². The molecule has 2 N–H and O–H groups in total. The summed E-state index contributed by atoms with van der Waals surface area (Å²) in [4.78, 5) is 3.18. The SMILES string of the molecule is CCCNCC(O)c1cc(C(F)(F)F)nc2c(C(F)(F)F)cccc12. The van der Waals surface area contributed by atoms with Crippen molar-refractivity contribution in [3.05, 3.63) is 41.1 Å². The van der Waals surface area contributed by atoms with Crippen molar-refractivity contribution >= 4 is 10.9 Å². The van der Waals surface area contributed by atoms with Gasteiger partial charge < -0.3 is 10.4 Å². The van der Waals surface area contributed by atoms with E-state index < -0.39 is 35.2 Å². The molecule has 0 aliphatic rings. The number of hydrogen-bond acceptors (Lipinski definition) is 3. The number of aromatic nitrogens is 1. The molecule has 0 saturated carbocycles. The van der Waals surface area contributed by atoms with Crippen LogP contribution in [0.25, 0.3) is 10.9 Å². The number of aliphatic hydroxyl groups excluding tert-OH is 1. The molecule has 3 nitrogen and oxygen atoms in total. The van der Waals surface area contributed by atoms with Crippen LogP contribution in [0.3, 0.4) is 0 Å². The standard InChI is InChI=1S/C16H16F6N2O/c1-2-6-23-8-12(25)10-7-13(16(20,21)22)24-14-9(10)4-3-5-11(14)15(17,18)19/h3-5,7,12,23,25H,2,6,8H2,1H3. The number of halogens is 6. The lowest BCUT2D eigenvalue weighted by molar-refractivity contribution is -0.142. The van der Waals surface area contributed by atoms with Crippen LogP contribution in [0, 0.1) is 0 Å². The molecule has 2 rings (SSSR count). The zero-order valence-corrected chi connectivity index (χ0v) is 13.2. The third-order valence-electron chi connectivity index (χ3n) is 3.59. The van der Waals surface area contributed by atoms with Crippen molar-refractivity contribution in [2.45, 2.75) is 31.8 Å². The van der Waals surface area contributed by atoms with Gasteiger partial charge in [0.2, 0.25) is 0 Å². The molecule has 0 aliphatic heterocycles. The lowest BCUT2D eigenvalue weighted by Crippen LogP contribution is -2.23. The van der Waals surface area contributed by atoms with Crippen LogP contribution in [0.2, 0.25) is 0 Å². The molecule has 1 unspecified atom stereocenters. The highest BCUT2D eigenvalue weighted by molar-refractivity contribution is 5.86. The largest absolute Gasteiger partial charge is 0.433 e. The minimum absolute atomic E-state index is 0.0828. The fourth-order valence-corrected chi connectivity index (χ4v) is 2.45. The Morgan fingerprint density at radius 1 is 1.12 bits per heavy atom. The fraction of sp³-hybridized carbons (Fsp3) is 0.438. The van der Waals surface area contributed by atoms with E-state index in [-0.39, 0.29) is 17.5 Å². The summed E-state index contributed by atoms with van der Waals surface area (Å²) in [6, 6.07) is 3.56. The Balaban J connectivity index is 2.67. The summed E-state index contributed by atoms with van der Waals surface area (Å²) in [5, 5.41) is 12.9. The number of fused-ring (bicyclic) bond motifs is 1. The molecule has 1 aromatic carbocycles. The predicted molar refractivity (Wildman–Crippen MR) is 79.9 cm³/mol. The Kier molecular flexibility index (Phi) is 5.58. The Morgan fingerprint density at radius 2 is 1.80 bits per heavy atom. The minimum atomic E-state index is -4.93. The summed E-state index contributed by atoms with van der Waals surface area (Å²) in [7, 11) is 0. The number of nitrogens with zero attached hydrogens (tertiary/aromatic N) is 1. The summed E-state index contributed by atoms with van der Waals surface area (Å²) >= 11 is 0. The van der Waals surface area contributed by atoms with E-state index in [0.29, 0.717) is 18.7 Å². The topological polar surface area (TPSA) is 45.1 Å². The number of pyridine rings is 1. The van der Waals surface area contributed by atoms with Gasteiger partial charge in [0.05, 0.1) is 17.2 Å². The van der Waals surface area contributed by atoms with Crippen molar-refractivity contribution < 1.29 is 31.4 Å². The lowest BCUT2D eigenvalue weighted by Gasteiger charge is -2.18. The Hall–Kier alpha value is -1.87. The van der Waals surface area contributed by atoms with Crippen LogP contribution < -0.4 is 5.32 Å². The van der Waals surface area contributed by atoms with E-state index in [1.54, 1.807) is 0 Å². The van der Waals surface area contributed by atoms with Crippen molar-refractivity contribution in [1.82, 2.24) is 10.3 Å². The second-order valence-electron chi connectivity index (χ2n) is 5.51. The number of benzene rings is 1. The van der Waals surface area contributed by atoms with E-state index >= 15 is 0 Å². The van der Waals surface area contributed by atoms with Crippen molar-refractivity contribution in [3.8, 4) is 0 Å². The van der Waals surface area contributed by atoms with Gasteiger partial charge in [0.15, 0.2) is 0 Å². The van der Waals surface area contributed by atoms with Crippen LogP contribution in [-0.2, 0) is 12.4 Å². The molecule has 0 spiro atoms. The third kappa shape index (κ3) is 4.40. The van der Waals surface area contributed by atoms with Gasteiger partial charge in [-0.3, -0.25) is 0 Å². The minimum Gasteiger partial charge on any atom is -0.387 e. The number of hydrogen-bond donors (Lipinski definition) is 2. The number of alkyl halides is 6. The smallest absolute Gasteiger partial charge is 0.387 e. The summed E-state index contributed by atoms with van der Waals surface area (Å²) < 4.78 is 78.6. The van der Waals surface area contributed by atoms with E-state index in [2.05, 4.69) is 10.3 Å². The molecule has 9 heteroatoms. The van der Waals surface area contributed by atoms with E-state index in [1.807, 2.05) is 6.92 Å². The van der Waals surface area contributed by atoms with Crippen molar-refractivity contribution in [1.29, 1.82) is 0 Å². The highest BCUT2D eigenvalue weighted by Crippen LogP contribution is 2.38. The van der Waals surface area contributed by atoms with Crippen LogP contribution in [0.5, 0.6) is 0 Å². The van der Waals surface area contributed by atoms with Gasteiger partial charge in [-0.2, -0.15) is 26.3 Å². The lowest BCUT2D eigenvalue weighted by atomic mass is 9.99. The molecular formula is C16H16F6N2O. The van der Waals surface area contributed by atoms with Gasteiger partial charge in [0.25, 0.3) is 0 Å². The van der Waals surface area contributed by atoms with Crippen LogP contribution in [0.15, 0.2) is 24.3 Å². The maximum atomic E-state index is 13.1. The molecule has 25 heavy (non-hydrogen) atoms. The highest BCUT2D eigenvalue weighted by Gasteiger charge is 2.37. The summed E-state index contributed by atoms with van der Waals surface area (Å²) in [6.07, 6.45) is -10.5. The molecule has 0 aliphatic carbocycles. The maximum Gasteiger partial charge on any atom is 0.433 e. The van der Waals surface area contributed by atoms with Gasteiger partial charge in [0.1, 0.15) is 5.69 Å². The third-order valence-corrected chi connectivity index (χ3v) is 3.59. The first kappa shape index (κ1) is 19.5. The molecule has 1 heterocycles. The normalized spacial score (nSPS) is 14.1. The van der Waals surface area contributed by atoms with E-state index in [1.165, 1.54) is 6.07 Å². The van der Waals surface area contributed by atoms with Crippen LogP contribution in [0.1, 0.15) is 36.3 Å². The number of para-hydroxylation sites is 1. The van der Waals surface area contributed by atoms with E-state index in [0.717, 1.165) is 12.5 Å². The van der Waals surface area contributed by atoms with Crippen LogP contribution in [-0.4, -0.2) is 23.2 Å². The van der Waals surface area contributed by atoms with Gasteiger partial charge >= 0.3 is 12.4 Å². The van der Waals surface area contributed by atoms with Crippen LogP contribution >= 0.6 is 0 Å². The number of aliphatic hydroxyl groups is 1. The van der Waals surface area contributed by atoms with Gasteiger partial charge in [-0.15, -0.1) is 0 Å². The molecule has 0 radical (unpaired) electrons. The monoisotopic (exact) mass is 366 g/mol. The maximum absolute atomic E-state index is 13.1. The average molecular weight is 366 g/mol. The summed E-state index contributed by atoms with van der Waals surface area (Å²) in [6.45, 7) is 2.29. The molecule has 1 atom stereocenters. The Morgan fingerprint density at radius 3 is 2.36 bits per heavy atom. The number of nitrogens with one attached hydrogen (secondary N) is 1. The molecule has 2 aromatic rings. The van der Waals surface area contributed by atoms with Gasteiger partial charge in [-0.05, 0) is 30.7 Å². The zero-order valence-electron chi connectivity index (χ0n) is 13.2. The summed E-state index contributed by atoms with van der Waals surface area (Å²) in [5.41, 5.74) is -3.81. The first-order chi connectivity index (χ1) is 11.6. The first-order valence-electron chi connectivity index (χ1n) is 7.52. The second-order valence-corrected chi connectivity index (χ2v) is 5.51. The van der Waals surface area contributed by atoms with Crippen molar-refractivity contribution in [2.75, 3.05) is 13.1 Å². The molecular weight excluding hydrogens is 350 g/mol. The highest BCUT2D eigenvalue weighted by atomic mass is 19.4. The molecule has 0 amide bonds. The first-order valence-corrected chi connectivity index (χ1v) is 7.52. The zero-order chi connectivity index (χ0) is 18.8. The predicted octanol–water partition coefficient (Wildman–Crippen LogP) is 4.31. The van der Waals surface area contributed by atoms with E-state index in [9.17, 15) is 31.4 Å². The molecule has 138 valence electrons. The Labute approximate surface area is 139 Å². The fourth-order valence-electron chi connectivity index (χ4n) is 2.45. The summed E-state index contributed by atoms with van der Waals surface area (Å²) in [5.74, 6) is 0. The number of rotatable bonds is 5. The van der Waals surface area contributed by atoms with E-state index in [4.69, 9.17) is 0 Å². The average Bonchev–Trinajstić information content (AvgIpc) is 2.51. The van der Waals surface area contributed by atoms with Crippen molar-refractivity contribution in [2.24, 2.45) is 0 Å². The molecule has 0 saturated heterocycles. The van der Waals surface area contributed by atoms with Gasteiger partial charge in [-0.25, -0.2) is 4.98 Å². The molecule has 0 fully saturated rings. The second kappa shape index (κ2) is 7.17. The van der Waals surface area contributed by atoms with Crippen molar-refractivity contribution in [3.63, 3.8) is 0 Å². The van der Waals surface area contributed by atoms with Gasteiger partial charge in [-0.1, -0.05) is 19.1 Å². The molecule has 1 aromatic heterocycles. The quantitative estimate of drug-likeness (QED) is 0.612. The Bertz CT molecular complexity index is 742.